The highest BCUT2D eigenvalue weighted by Crippen LogP contribution is 2.47. The van der Waals surface area contributed by atoms with Crippen LogP contribution in [0.5, 0.6) is 0 Å². The van der Waals surface area contributed by atoms with Crippen molar-refractivity contribution in [3.63, 3.8) is 0 Å². The summed E-state index contributed by atoms with van der Waals surface area (Å²) in [6.45, 7) is 2.25. The Morgan fingerprint density at radius 1 is 1.10 bits per heavy atom. The number of para-hydroxylation sites is 1. The monoisotopic (exact) mass is 394 g/mol. The number of H-pyrrole nitrogens is 1. The van der Waals surface area contributed by atoms with Crippen molar-refractivity contribution in [3.05, 3.63) is 83.4 Å². The van der Waals surface area contributed by atoms with Crippen molar-refractivity contribution in [1.82, 2.24) is 14.9 Å². The van der Waals surface area contributed by atoms with E-state index in [4.69, 9.17) is 0 Å². The molecule has 1 unspecified atom stereocenters. The third kappa shape index (κ3) is 3.02. The molecule has 1 fully saturated rings. The maximum atomic E-state index is 13.7. The lowest BCUT2D eigenvalue weighted by molar-refractivity contribution is -0.123. The molecule has 148 valence electrons. The molecule has 1 spiro atoms. The van der Waals surface area contributed by atoms with Crippen molar-refractivity contribution >= 4 is 11.6 Å². The fourth-order valence-electron chi connectivity index (χ4n) is 4.67. The molecule has 0 saturated carbocycles. The number of carbonyl (C=O) groups excluding carboxylic acids is 1. The Labute approximate surface area is 167 Å². The lowest BCUT2D eigenvalue weighted by atomic mass is 9.81. The van der Waals surface area contributed by atoms with Crippen molar-refractivity contribution < 1.29 is 13.6 Å². The fourth-order valence-corrected chi connectivity index (χ4v) is 4.67. The van der Waals surface area contributed by atoms with Crippen LogP contribution in [0.3, 0.4) is 0 Å². The van der Waals surface area contributed by atoms with Crippen LogP contribution in [0.2, 0.25) is 0 Å². The molecule has 29 heavy (non-hydrogen) atoms. The quantitative estimate of drug-likeness (QED) is 0.738. The second-order valence-electron chi connectivity index (χ2n) is 7.81. The van der Waals surface area contributed by atoms with Crippen LogP contribution in [0, 0.1) is 11.6 Å². The number of amides is 1. The van der Waals surface area contributed by atoms with Gasteiger partial charge in [0.2, 0.25) is 5.91 Å². The molecule has 7 heteroatoms. The molecule has 5 rings (SSSR count). The minimum atomic E-state index is -0.638. The number of halogens is 2. The average Bonchev–Trinajstić information content (AvgIpc) is 3.40. The number of hydrogen-bond acceptors (Lipinski definition) is 3. The van der Waals surface area contributed by atoms with Gasteiger partial charge in [-0.15, -0.1) is 0 Å². The summed E-state index contributed by atoms with van der Waals surface area (Å²) in [4.78, 5) is 24.7. The average molecular weight is 394 g/mol. The van der Waals surface area contributed by atoms with Gasteiger partial charge in [0.25, 0.3) is 0 Å². The molecule has 0 aliphatic carbocycles. The first kappa shape index (κ1) is 18.0. The van der Waals surface area contributed by atoms with Crippen LogP contribution in [0.15, 0.2) is 55.0 Å². The van der Waals surface area contributed by atoms with E-state index in [1.165, 1.54) is 12.1 Å². The van der Waals surface area contributed by atoms with Gasteiger partial charge in [-0.25, -0.2) is 13.8 Å². The van der Waals surface area contributed by atoms with Crippen LogP contribution in [0.25, 0.3) is 0 Å². The summed E-state index contributed by atoms with van der Waals surface area (Å²) in [6.07, 6.45) is 4.16. The van der Waals surface area contributed by atoms with Crippen LogP contribution in [0.1, 0.15) is 23.2 Å². The van der Waals surface area contributed by atoms with Crippen molar-refractivity contribution in [1.29, 1.82) is 0 Å². The number of benzene rings is 2. The number of rotatable bonds is 4. The van der Waals surface area contributed by atoms with Gasteiger partial charge in [-0.2, -0.15) is 0 Å². The summed E-state index contributed by atoms with van der Waals surface area (Å²) in [5, 5.41) is 0. The molecule has 2 aliphatic heterocycles. The second kappa shape index (κ2) is 6.77. The van der Waals surface area contributed by atoms with Gasteiger partial charge in [0.1, 0.15) is 11.6 Å². The maximum Gasteiger partial charge on any atom is 0.239 e. The molecular weight excluding hydrogens is 374 g/mol. The highest BCUT2D eigenvalue weighted by Gasteiger charge is 2.54. The number of aromatic nitrogens is 2. The van der Waals surface area contributed by atoms with E-state index in [0.717, 1.165) is 29.6 Å². The first-order chi connectivity index (χ1) is 14.0. The van der Waals surface area contributed by atoms with E-state index < -0.39 is 17.0 Å². The SMILES string of the molecule is O=C1N(Cc2cc(F)cc(F)c2)c2ccccc2C12CCN(Cc1cnc[nH]1)C2. The van der Waals surface area contributed by atoms with Gasteiger partial charge in [-0.1, -0.05) is 18.2 Å². The summed E-state index contributed by atoms with van der Waals surface area (Å²) in [7, 11) is 0. The van der Waals surface area contributed by atoms with Crippen LogP contribution < -0.4 is 4.90 Å². The largest absolute Gasteiger partial charge is 0.347 e. The van der Waals surface area contributed by atoms with Crippen LogP contribution >= 0.6 is 0 Å². The summed E-state index contributed by atoms with van der Waals surface area (Å²) in [5.74, 6) is -1.28. The maximum absolute atomic E-state index is 13.7. The van der Waals surface area contributed by atoms with Crippen molar-refractivity contribution in [2.24, 2.45) is 0 Å². The van der Waals surface area contributed by atoms with E-state index in [2.05, 4.69) is 14.9 Å². The second-order valence-corrected chi connectivity index (χ2v) is 7.81. The summed E-state index contributed by atoms with van der Waals surface area (Å²) >= 11 is 0. The number of likely N-dealkylation sites (tertiary alicyclic amines) is 1. The molecule has 0 radical (unpaired) electrons. The van der Waals surface area contributed by atoms with Gasteiger partial charge in [0, 0.05) is 43.3 Å². The predicted octanol–water partition coefficient (Wildman–Crippen LogP) is 3.38. The number of aromatic amines is 1. The van der Waals surface area contributed by atoms with Gasteiger partial charge in [-0.3, -0.25) is 9.69 Å². The molecule has 3 aromatic rings. The topological polar surface area (TPSA) is 52.2 Å². The number of imidazole rings is 1. The standard InChI is InChI=1S/C22H20F2N4O/c23-16-7-15(8-17(24)9-16)11-28-20-4-2-1-3-19(20)22(21(28)29)5-6-27(13-22)12-18-10-25-14-26-18/h1-4,7-10,14H,5-6,11-13H2,(H,25,26). The number of fused-ring (bicyclic) bond motifs is 2. The molecule has 0 bridgehead atoms. The molecule has 2 aliphatic rings. The van der Waals surface area contributed by atoms with E-state index in [9.17, 15) is 13.6 Å². The highest BCUT2D eigenvalue weighted by atomic mass is 19.1. The minimum absolute atomic E-state index is 0.00419. The van der Waals surface area contributed by atoms with Gasteiger partial charge in [-0.05, 0) is 35.7 Å². The van der Waals surface area contributed by atoms with Gasteiger partial charge >= 0.3 is 0 Å². The zero-order valence-corrected chi connectivity index (χ0v) is 15.7. The highest BCUT2D eigenvalue weighted by molar-refractivity contribution is 6.08. The molecule has 1 amide bonds. The van der Waals surface area contributed by atoms with E-state index in [-0.39, 0.29) is 12.5 Å². The van der Waals surface area contributed by atoms with Crippen LogP contribution in [-0.4, -0.2) is 33.9 Å². The Bertz CT molecular complexity index is 1050. The predicted molar refractivity (Wildman–Crippen MR) is 104 cm³/mol. The van der Waals surface area contributed by atoms with E-state index >= 15 is 0 Å². The van der Waals surface area contributed by atoms with Crippen molar-refractivity contribution in [2.75, 3.05) is 18.0 Å². The zero-order valence-electron chi connectivity index (χ0n) is 15.7. The third-order valence-electron chi connectivity index (χ3n) is 5.93. The third-order valence-corrected chi connectivity index (χ3v) is 5.93. The molecule has 1 aromatic heterocycles. The summed E-state index contributed by atoms with van der Waals surface area (Å²) in [6, 6.07) is 11.1. The zero-order chi connectivity index (χ0) is 20.0. The Hall–Kier alpha value is -3.06. The Morgan fingerprint density at radius 3 is 2.66 bits per heavy atom. The fraction of sp³-hybridized carbons (Fsp3) is 0.273. The Balaban J connectivity index is 1.46. The molecule has 3 heterocycles. The minimum Gasteiger partial charge on any atom is -0.347 e. The molecule has 1 N–H and O–H groups in total. The smallest absolute Gasteiger partial charge is 0.239 e. The lowest BCUT2D eigenvalue weighted by Gasteiger charge is -2.24. The van der Waals surface area contributed by atoms with Crippen molar-refractivity contribution in [2.45, 2.75) is 24.9 Å². The number of nitrogens with one attached hydrogen (secondary N) is 1. The van der Waals surface area contributed by atoms with E-state index in [1.54, 1.807) is 17.4 Å². The molecule has 1 atom stereocenters. The number of anilines is 1. The van der Waals surface area contributed by atoms with Crippen LogP contribution in [0.4, 0.5) is 14.5 Å². The number of nitrogens with zero attached hydrogens (tertiary/aromatic N) is 3. The first-order valence-electron chi connectivity index (χ1n) is 9.61. The molecule has 1 saturated heterocycles. The lowest BCUT2D eigenvalue weighted by Crippen LogP contribution is -2.42. The summed E-state index contributed by atoms with van der Waals surface area (Å²) in [5.41, 5.74) is 2.64. The first-order valence-corrected chi connectivity index (χ1v) is 9.61. The van der Waals surface area contributed by atoms with Crippen LogP contribution in [-0.2, 0) is 23.3 Å². The van der Waals surface area contributed by atoms with Gasteiger partial charge in [0.05, 0.1) is 18.3 Å². The van der Waals surface area contributed by atoms with E-state index in [1.807, 2.05) is 24.3 Å². The Kier molecular flexibility index (Phi) is 4.20. The van der Waals surface area contributed by atoms with E-state index in [0.29, 0.717) is 25.1 Å². The van der Waals surface area contributed by atoms with Crippen molar-refractivity contribution in [3.8, 4) is 0 Å². The van der Waals surface area contributed by atoms with Gasteiger partial charge in [0.15, 0.2) is 0 Å². The number of carbonyl (C=O) groups is 1. The number of hydrogen-bond donors (Lipinski definition) is 1. The summed E-state index contributed by atoms with van der Waals surface area (Å²) < 4.78 is 27.3. The molecule has 2 aromatic carbocycles. The van der Waals surface area contributed by atoms with Gasteiger partial charge < -0.3 is 9.88 Å². The Morgan fingerprint density at radius 2 is 1.90 bits per heavy atom. The molecular formula is C22H20F2N4O. The normalized spacial score (nSPS) is 21.3. The molecule has 5 nitrogen and oxygen atoms in total.